The molecular formula is C24H35N3O7S2. The lowest BCUT2D eigenvalue weighted by Crippen LogP contribution is -2.37. The van der Waals surface area contributed by atoms with Crippen LogP contribution in [-0.2, 0) is 33.5 Å². The highest BCUT2D eigenvalue weighted by Gasteiger charge is 2.34. The van der Waals surface area contributed by atoms with Gasteiger partial charge in [0.25, 0.3) is 11.8 Å². The molecule has 0 radical (unpaired) electrons. The maximum absolute atomic E-state index is 12.1. The van der Waals surface area contributed by atoms with Crippen molar-refractivity contribution in [1.29, 1.82) is 0 Å². The molecule has 10 nitrogen and oxygen atoms in total. The number of rotatable bonds is 16. The third-order valence-electron chi connectivity index (χ3n) is 5.08. The first-order chi connectivity index (χ1) is 17.0. The second-order valence-corrected chi connectivity index (χ2v) is 11.8. The summed E-state index contributed by atoms with van der Waals surface area (Å²) in [6, 6.07) is 5.72. The summed E-state index contributed by atoms with van der Waals surface area (Å²) in [6.07, 6.45) is 2.70. The third-order valence-corrected chi connectivity index (χ3v) is 7.34. The number of carbonyl (C=O) groups is 4. The number of nitrogens with zero attached hydrogens (tertiary/aromatic N) is 2. The van der Waals surface area contributed by atoms with Crippen molar-refractivity contribution in [2.75, 3.05) is 25.5 Å². The van der Waals surface area contributed by atoms with E-state index in [0.29, 0.717) is 43.4 Å². The van der Waals surface area contributed by atoms with Gasteiger partial charge < -0.3 is 19.6 Å². The van der Waals surface area contributed by atoms with E-state index in [1.54, 1.807) is 41.6 Å². The molecule has 3 amide bonds. The molecule has 1 aliphatic heterocycles. The number of amides is 3. The van der Waals surface area contributed by atoms with Gasteiger partial charge in [0, 0.05) is 37.8 Å². The quantitative estimate of drug-likeness (QED) is 0.189. The van der Waals surface area contributed by atoms with Gasteiger partial charge in [0.1, 0.15) is 5.03 Å². The van der Waals surface area contributed by atoms with E-state index in [1.165, 1.54) is 0 Å². The summed E-state index contributed by atoms with van der Waals surface area (Å²) >= 11 is 0. The van der Waals surface area contributed by atoms with Crippen LogP contribution in [0.15, 0.2) is 29.4 Å². The van der Waals surface area contributed by atoms with Crippen molar-refractivity contribution in [2.45, 2.75) is 76.0 Å². The lowest BCUT2D eigenvalue weighted by Gasteiger charge is -2.29. The Hall–Kier alpha value is -2.15. The van der Waals surface area contributed by atoms with E-state index in [1.807, 2.05) is 32.0 Å². The Morgan fingerprint density at radius 2 is 1.75 bits per heavy atom. The fourth-order valence-corrected chi connectivity index (χ4v) is 4.94. The summed E-state index contributed by atoms with van der Waals surface area (Å²) < 4.78 is 11.7. The fourth-order valence-electron chi connectivity index (χ4n) is 3.07. The Labute approximate surface area is 219 Å². The SMILES string of the molecule is CC(C)(CCOC(C)(C)CC(=O)ON1C(=O)CCC1=O)OCCNC(=O)CCSSc1ccccn1. The summed E-state index contributed by atoms with van der Waals surface area (Å²) in [5.41, 5.74) is -1.34. The van der Waals surface area contributed by atoms with Gasteiger partial charge in [0.2, 0.25) is 5.91 Å². The van der Waals surface area contributed by atoms with E-state index in [0.717, 1.165) is 5.03 Å². The monoisotopic (exact) mass is 541 g/mol. The van der Waals surface area contributed by atoms with Crippen LogP contribution in [0, 0.1) is 0 Å². The molecule has 1 aromatic heterocycles. The lowest BCUT2D eigenvalue weighted by molar-refractivity contribution is -0.201. The minimum Gasteiger partial charge on any atom is -0.375 e. The summed E-state index contributed by atoms with van der Waals surface area (Å²) in [6.45, 7) is 8.42. The molecule has 200 valence electrons. The summed E-state index contributed by atoms with van der Waals surface area (Å²) in [5.74, 6) is -1.07. The summed E-state index contributed by atoms with van der Waals surface area (Å²) in [4.78, 5) is 56.4. The Balaban J connectivity index is 1.55. The van der Waals surface area contributed by atoms with E-state index >= 15 is 0 Å². The van der Waals surface area contributed by atoms with E-state index in [2.05, 4.69) is 10.3 Å². The molecule has 0 aliphatic carbocycles. The van der Waals surface area contributed by atoms with Crippen molar-refractivity contribution in [3.63, 3.8) is 0 Å². The highest BCUT2D eigenvalue weighted by Crippen LogP contribution is 2.29. The van der Waals surface area contributed by atoms with Crippen LogP contribution >= 0.6 is 21.6 Å². The second kappa shape index (κ2) is 14.6. The van der Waals surface area contributed by atoms with Crippen LogP contribution in [0.4, 0.5) is 0 Å². The zero-order valence-corrected chi connectivity index (χ0v) is 22.9. The molecule has 1 N–H and O–H groups in total. The fraction of sp³-hybridized carbons (Fsp3) is 0.625. The molecule has 1 aromatic rings. The topological polar surface area (TPSA) is 124 Å². The first kappa shape index (κ1) is 30.1. The normalized spacial score (nSPS) is 14.3. The average Bonchev–Trinajstić information content (AvgIpc) is 3.11. The molecule has 0 aromatic carbocycles. The van der Waals surface area contributed by atoms with Crippen LogP contribution in [-0.4, -0.2) is 70.5 Å². The van der Waals surface area contributed by atoms with Crippen LogP contribution in [0.3, 0.4) is 0 Å². The summed E-state index contributed by atoms with van der Waals surface area (Å²) in [7, 11) is 3.14. The number of hydroxylamine groups is 2. The van der Waals surface area contributed by atoms with E-state index in [4.69, 9.17) is 14.3 Å². The van der Waals surface area contributed by atoms with Crippen molar-refractivity contribution in [2.24, 2.45) is 0 Å². The van der Waals surface area contributed by atoms with Crippen LogP contribution in [0.25, 0.3) is 0 Å². The Morgan fingerprint density at radius 3 is 2.42 bits per heavy atom. The van der Waals surface area contributed by atoms with Crippen LogP contribution < -0.4 is 5.32 Å². The van der Waals surface area contributed by atoms with Gasteiger partial charge >= 0.3 is 5.97 Å². The maximum Gasteiger partial charge on any atom is 0.336 e. The number of hydrogen-bond acceptors (Lipinski definition) is 10. The molecule has 0 spiro atoms. The van der Waals surface area contributed by atoms with Gasteiger partial charge in [-0.1, -0.05) is 16.9 Å². The molecule has 36 heavy (non-hydrogen) atoms. The molecule has 1 fully saturated rings. The number of imide groups is 1. The number of carbonyl (C=O) groups excluding carboxylic acids is 4. The number of aromatic nitrogens is 1. The number of hydrogen-bond donors (Lipinski definition) is 1. The predicted molar refractivity (Wildman–Crippen MR) is 137 cm³/mol. The standard InChI is InChI=1S/C24H35N3O7S2/c1-23(2,33-15-13-25-18(28)10-16-35-36-19-7-5-6-12-26-19)11-14-32-24(3,4)17-22(31)34-27-20(29)8-9-21(27)30/h5-7,12H,8-11,13-17H2,1-4H3,(H,25,28). The van der Waals surface area contributed by atoms with Crippen LogP contribution in [0.2, 0.25) is 0 Å². The van der Waals surface area contributed by atoms with Gasteiger partial charge in [-0.25, -0.2) is 9.78 Å². The zero-order chi connectivity index (χ0) is 26.6. The van der Waals surface area contributed by atoms with Crippen LogP contribution in [0.1, 0.15) is 59.8 Å². The van der Waals surface area contributed by atoms with Crippen molar-refractivity contribution >= 4 is 45.3 Å². The summed E-state index contributed by atoms with van der Waals surface area (Å²) in [5, 5.41) is 4.31. The van der Waals surface area contributed by atoms with Crippen LogP contribution in [0.5, 0.6) is 0 Å². The number of nitrogens with one attached hydrogen (secondary N) is 1. The van der Waals surface area contributed by atoms with Gasteiger partial charge in [-0.15, -0.1) is 5.06 Å². The highest BCUT2D eigenvalue weighted by atomic mass is 33.1. The Bertz CT molecular complexity index is 881. The minimum atomic E-state index is -0.847. The highest BCUT2D eigenvalue weighted by molar-refractivity contribution is 8.76. The van der Waals surface area contributed by atoms with Gasteiger partial charge in [-0.05, 0) is 57.0 Å². The molecule has 0 unspecified atom stereocenters. The molecule has 12 heteroatoms. The van der Waals surface area contributed by atoms with Gasteiger partial charge in [0.15, 0.2) is 0 Å². The lowest BCUT2D eigenvalue weighted by atomic mass is 10.0. The Morgan fingerprint density at radius 1 is 1.06 bits per heavy atom. The number of ether oxygens (including phenoxy) is 2. The van der Waals surface area contributed by atoms with Crippen molar-refractivity contribution in [3.8, 4) is 0 Å². The molecular weight excluding hydrogens is 506 g/mol. The van der Waals surface area contributed by atoms with Gasteiger partial charge in [-0.2, -0.15) is 0 Å². The van der Waals surface area contributed by atoms with E-state index in [-0.39, 0.29) is 25.2 Å². The first-order valence-corrected chi connectivity index (χ1v) is 14.1. The molecule has 0 bridgehead atoms. The molecule has 2 heterocycles. The first-order valence-electron chi connectivity index (χ1n) is 11.8. The van der Waals surface area contributed by atoms with Crippen molar-refractivity contribution < 1.29 is 33.5 Å². The molecule has 0 saturated carbocycles. The molecule has 2 rings (SSSR count). The van der Waals surface area contributed by atoms with E-state index < -0.39 is 29.0 Å². The largest absolute Gasteiger partial charge is 0.375 e. The van der Waals surface area contributed by atoms with Gasteiger partial charge in [-0.3, -0.25) is 14.4 Å². The smallest absolute Gasteiger partial charge is 0.336 e. The zero-order valence-electron chi connectivity index (χ0n) is 21.2. The second-order valence-electron chi connectivity index (χ2n) is 9.36. The average molecular weight is 542 g/mol. The predicted octanol–water partition coefficient (Wildman–Crippen LogP) is 3.31. The molecule has 1 saturated heterocycles. The molecule has 0 atom stereocenters. The third kappa shape index (κ3) is 11.7. The number of pyridine rings is 1. The van der Waals surface area contributed by atoms with Gasteiger partial charge in [0.05, 0.1) is 30.8 Å². The minimum absolute atomic E-state index is 0.0279. The van der Waals surface area contributed by atoms with E-state index in [9.17, 15) is 19.2 Å². The van der Waals surface area contributed by atoms with Crippen molar-refractivity contribution in [3.05, 3.63) is 24.4 Å². The Kier molecular flexibility index (Phi) is 12.2. The van der Waals surface area contributed by atoms with Crippen molar-refractivity contribution in [1.82, 2.24) is 15.4 Å². The maximum atomic E-state index is 12.1. The molecule has 1 aliphatic rings.